The van der Waals surface area contributed by atoms with Gasteiger partial charge in [0.05, 0.1) is 35.7 Å². The number of sulfonamides is 1. The number of aryl methyl sites for hydroxylation is 2. The van der Waals surface area contributed by atoms with Gasteiger partial charge in [-0.15, -0.1) is 0 Å². The summed E-state index contributed by atoms with van der Waals surface area (Å²) >= 11 is 0. The first-order chi connectivity index (χ1) is 12.6. The number of hydrogen-bond donors (Lipinski definition) is 0. The van der Waals surface area contributed by atoms with Crippen molar-refractivity contribution in [1.82, 2.24) is 4.90 Å². The summed E-state index contributed by atoms with van der Waals surface area (Å²) in [4.78, 5) is 26.4. The van der Waals surface area contributed by atoms with Crippen LogP contribution in [-0.2, 0) is 10.0 Å². The maximum Gasteiger partial charge on any atom is 0.261 e. The van der Waals surface area contributed by atoms with Crippen LogP contribution in [0, 0.1) is 13.8 Å². The van der Waals surface area contributed by atoms with E-state index in [1.54, 1.807) is 31.2 Å². The first-order valence-electron chi connectivity index (χ1n) is 8.63. The first-order valence-corrected chi connectivity index (χ1v) is 10.5. The average molecular weight is 386 g/mol. The number of carbonyl (C=O) groups is 2. The standard InChI is InChI=1S/C20H22N2O4S/c1-13-8-7-9-14(2)18(13)22(27(4,25)26)15(3)12-21-19(23)16-10-5-6-11-17(16)20(21)24/h5-11,15H,12H2,1-4H3. The highest BCUT2D eigenvalue weighted by molar-refractivity contribution is 7.92. The number of rotatable bonds is 5. The van der Waals surface area contributed by atoms with E-state index >= 15 is 0 Å². The summed E-state index contributed by atoms with van der Waals surface area (Å²) in [6.45, 7) is 5.37. The molecule has 6 nitrogen and oxygen atoms in total. The van der Waals surface area contributed by atoms with E-state index in [2.05, 4.69) is 0 Å². The van der Waals surface area contributed by atoms with Gasteiger partial charge in [-0.25, -0.2) is 8.42 Å². The van der Waals surface area contributed by atoms with Crippen molar-refractivity contribution in [1.29, 1.82) is 0 Å². The molecule has 2 amide bonds. The van der Waals surface area contributed by atoms with Crippen molar-refractivity contribution in [3.63, 3.8) is 0 Å². The fraction of sp³-hybridized carbons (Fsp3) is 0.300. The quantitative estimate of drug-likeness (QED) is 0.741. The monoisotopic (exact) mass is 386 g/mol. The molecule has 0 saturated carbocycles. The highest BCUT2D eigenvalue weighted by Crippen LogP contribution is 2.30. The summed E-state index contributed by atoms with van der Waals surface area (Å²) in [6.07, 6.45) is 1.14. The van der Waals surface area contributed by atoms with Crippen LogP contribution < -0.4 is 4.31 Å². The zero-order valence-electron chi connectivity index (χ0n) is 15.8. The van der Waals surface area contributed by atoms with Gasteiger partial charge in [0.25, 0.3) is 11.8 Å². The summed E-state index contributed by atoms with van der Waals surface area (Å²) in [5, 5.41) is 0. The number of anilines is 1. The van der Waals surface area contributed by atoms with Crippen LogP contribution in [0.15, 0.2) is 42.5 Å². The zero-order chi connectivity index (χ0) is 19.9. The Kier molecular flexibility index (Phi) is 4.82. The van der Waals surface area contributed by atoms with Crippen LogP contribution in [0.5, 0.6) is 0 Å². The van der Waals surface area contributed by atoms with Crippen LogP contribution in [0.1, 0.15) is 38.8 Å². The minimum Gasteiger partial charge on any atom is -0.272 e. The lowest BCUT2D eigenvalue weighted by atomic mass is 10.1. The predicted octanol–water partition coefficient (Wildman–Crippen LogP) is 2.75. The van der Waals surface area contributed by atoms with Gasteiger partial charge in [0.15, 0.2) is 0 Å². The van der Waals surface area contributed by atoms with Gasteiger partial charge in [0, 0.05) is 0 Å². The molecule has 0 fully saturated rings. The van der Waals surface area contributed by atoms with E-state index in [0.29, 0.717) is 16.8 Å². The van der Waals surface area contributed by atoms with E-state index in [1.807, 2.05) is 32.0 Å². The topological polar surface area (TPSA) is 74.8 Å². The molecular weight excluding hydrogens is 364 g/mol. The highest BCUT2D eigenvalue weighted by Gasteiger charge is 2.38. The van der Waals surface area contributed by atoms with E-state index in [-0.39, 0.29) is 6.54 Å². The number of carbonyl (C=O) groups excluding carboxylic acids is 2. The Morgan fingerprint density at radius 3 is 1.85 bits per heavy atom. The number of amides is 2. The van der Waals surface area contributed by atoms with Crippen molar-refractivity contribution in [2.24, 2.45) is 0 Å². The fourth-order valence-corrected chi connectivity index (χ4v) is 4.95. The Morgan fingerprint density at radius 2 is 1.41 bits per heavy atom. The van der Waals surface area contributed by atoms with Crippen LogP contribution in [-0.4, -0.2) is 44.0 Å². The third-order valence-electron chi connectivity index (χ3n) is 4.74. The lowest BCUT2D eigenvalue weighted by Gasteiger charge is -2.33. The molecule has 7 heteroatoms. The van der Waals surface area contributed by atoms with Crippen LogP contribution in [0.3, 0.4) is 0 Å². The molecule has 1 aliphatic heterocycles. The second-order valence-electron chi connectivity index (χ2n) is 6.91. The molecule has 1 unspecified atom stereocenters. The molecule has 2 aromatic carbocycles. The molecule has 0 aromatic heterocycles. The molecule has 1 aliphatic rings. The Labute approximate surface area is 159 Å². The van der Waals surface area contributed by atoms with Crippen molar-refractivity contribution < 1.29 is 18.0 Å². The molecule has 0 radical (unpaired) electrons. The predicted molar refractivity (Wildman–Crippen MR) is 105 cm³/mol. The minimum absolute atomic E-state index is 0.0206. The molecule has 0 N–H and O–H groups in total. The van der Waals surface area contributed by atoms with Gasteiger partial charge in [0.1, 0.15) is 0 Å². The van der Waals surface area contributed by atoms with Gasteiger partial charge in [0.2, 0.25) is 10.0 Å². The molecule has 1 heterocycles. The van der Waals surface area contributed by atoms with Gasteiger partial charge >= 0.3 is 0 Å². The van der Waals surface area contributed by atoms with Crippen LogP contribution in [0.4, 0.5) is 5.69 Å². The summed E-state index contributed by atoms with van der Waals surface area (Å²) in [6, 6.07) is 11.6. The Balaban J connectivity index is 1.97. The molecule has 142 valence electrons. The molecular formula is C20H22N2O4S. The second kappa shape index (κ2) is 6.81. The van der Waals surface area contributed by atoms with Gasteiger partial charge in [-0.3, -0.25) is 18.8 Å². The van der Waals surface area contributed by atoms with Crippen LogP contribution in [0.2, 0.25) is 0 Å². The van der Waals surface area contributed by atoms with Gasteiger partial charge in [-0.2, -0.15) is 0 Å². The smallest absolute Gasteiger partial charge is 0.261 e. The van der Waals surface area contributed by atoms with E-state index in [1.165, 1.54) is 4.31 Å². The summed E-state index contributed by atoms with van der Waals surface area (Å²) in [7, 11) is -3.62. The van der Waals surface area contributed by atoms with Gasteiger partial charge in [-0.05, 0) is 44.0 Å². The number of benzene rings is 2. The van der Waals surface area contributed by atoms with Crippen molar-refractivity contribution >= 4 is 27.5 Å². The third-order valence-corrected chi connectivity index (χ3v) is 6.00. The van der Waals surface area contributed by atoms with Crippen molar-refractivity contribution in [3.8, 4) is 0 Å². The number of imide groups is 1. The molecule has 2 aromatic rings. The lowest BCUT2D eigenvalue weighted by Crippen LogP contribution is -2.47. The summed E-state index contributed by atoms with van der Waals surface area (Å²) in [5.74, 6) is -0.783. The van der Waals surface area contributed by atoms with Crippen LogP contribution >= 0.6 is 0 Å². The number of para-hydroxylation sites is 1. The average Bonchev–Trinajstić information content (AvgIpc) is 2.82. The van der Waals surface area contributed by atoms with Crippen molar-refractivity contribution in [2.75, 3.05) is 17.1 Å². The SMILES string of the molecule is Cc1cccc(C)c1N(C(C)CN1C(=O)c2ccccc2C1=O)S(C)(=O)=O. The molecule has 0 bridgehead atoms. The molecule has 3 rings (SSSR count). The largest absolute Gasteiger partial charge is 0.272 e. The Morgan fingerprint density at radius 1 is 0.926 bits per heavy atom. The fourth-order valence-electron chi connectivity index (χ4n) is 3.61. The molecule has 1 atom stereocenters. The lowest BCUT2D eigenvalue weighted by molar-refractivity contribution is 0.0647. The van der Waals surface area contributed by atoms with E-state index in [9.17, 15) is 18.0 Å². The van der Waals surface area contributed by atoms with E-state index in [4.69, 9.17) is 0 Å². The van der Waals surface area contributed by atoms with Crippen molar-refractivity contribution in [3.05, 3.63) is 64.7 Å². The maximum absolute atomic E-state index is 12.6. The zero-order valence-corrected chi connectivity index (χ0v) is 16.6. The van der Waals surface area contributed by atoms with E-state index < -0.39 is 27.9 Å². The van der Waals surface area contributed by atoms with Gasteiger partial charge < -0.3 is 0 Å². The first kappa shape index (κ1) is 19.1. The minimum atomic E-state index is -3.62. The number of nitrogens with zero attached hydrogens (tertiary/aromatic N) is 2. The van der Waals surface area contributed by atoms with Crippen molar-refractivity contribution in [2.45, 2.75) is 26.8 Å². The highest BCUT2D eigenvalue weighted by atomic mass is 32.2. The number of hydrogen-bond acceptors (Lipinski definition) is 4. The molecule has 0 aliphatic carbocycles. The van der Waals surface area contributed by atoms with E-state index in [0.717, 1.165) is 22.3 Å². The summed E-state index contributed by atoms with van der Waals surface area (Å²) in [5.41, 5.74) is 2.92. The molecule has 27 heavy (non-hydrogen) atoms. The normalized spacial score (nSPS) is 15.0. The third kappa shape index (κ3) is 3.35. The molecule has 0 spiro atoms. The molecule has 0 saturated heterocycles. The Bertz CT molecular complexity index is 975. The summed E-state index contributed by atoms with van der Waals surface area (Å²) < 4.78 is 26.4. The van der Waals surface area contributed by atoms with Crippen LogP contribution in [0.25, 0.3) is 0 Å². The Hall–Kier alpha value is -2.67. The second-order valence-corrected chi connectivity index (χ2v) is 8.77. The maximum atomic E-state index is 12.6. The number of fused-ring (bicyclic) bond motifs is 1. The van der Waals surface area contributed by atoms with Gasteiger partial charge in [-0.1, -0.05) is 30.3 Å².